The molecule has 14 heavy (non-hydrogen) atoms. The predicted octanol–water partition coefficient (Wildman–Crippen LogP) is 2.00. The maximum absolute atomic E-state index is 10.8. The molecule has 1 aliphatic rings. The number of hydrogen-bond donors (Lipinski definition) is 2. The maximum atomic E-state index is 10.8. The fraction of sp³-hybridized carbons (Fsp3) is 0.909. The Morgan fingerprint density at radius 2 is 2.21 bits per heavy atom. The summed E-state index contributed by atoms with van der Waals surface area (Å²) >= 11 is 0. The lowest BCUT2D eigenvalue weighted by Crippen LogP contribution is -2.45. The maximum Gasteiger partial charge on any atom is 0.323 e. The quantitative estimate of drug-likeness (QED) is 0.687. The van der Waals surface area contributed by atoms with Gasteiger partial charge in [-0.25, -0.2) is 0 Å². The van der Waals surface area contributed by atoms with Gasteiger partial charge in [-0.3, -0.25) is 4.79 Å². The molecule has 3 heteroatoms. The third kappa shape index (κ3) is 2.98. The Labute approximate surface area is 85.7 Å². The molecule has 0 aliphatic heterocycles. The Hall–Kier alpha value is -0.570. The fourth-order valence-electron chi connectivity index (χ4n) is 1.93. The van der Waals surface area contributed by atoms with Crippen LogP contribution < -0.4 is 5.73 Å². The third-order valence-corrected chi connectivity index (χ3v) is 3.34. The standard InChI is InChI=1S/C11H21NO2/c1-3-8(9-4-5-9)6-7-11(2,12)10(13)14/h8-9H,3-7,12H2,1-2H3,(H,13,14). The zero-order valence-corrected chi connectivity index (χ0v) is 9.12. The zero-order chi connectivity index (χ0) is 10.8. The first kappa shape index (κ1) is 11.5. The average Bonchev–Trinajstić information content (AvgIpc) is 2.89. The van der Waals surface area contributed by atoms with E-state index >= 15 is 0 Å². The van der Waals surface area contributed by atoms with Crippen molar-refractivity contribution in [2.75, 3.05) is 0 Å². The highest BCUT2D eigenvalue weighted by molar-refractivity contribution is 5.77. The van der Waals surface area contributed by atoms with Crippen LogP contribution in [0.5, 0.6) is 0 Å². The molecule has 1 fully saturated rings. The van der Waals surface area contributed by atoms with Crippen LogP contribution in [0.3, 0.4) is 0 Å². The molecule has 1 rings (SSSR count). The molecule has 0 heterocycles. The topological polar surface area (TPSA) is 63.3 Å². The molecule has 1 saturated carbocycles. The van der Waals surface area contributed by atoms with Crippen LogP contribution in [0.2, 0.25) is 0 Å². The number of aliphatic carboxylic acids is 1. The molecule has 0 spiro atoms. The van der Waals surface area contributed by atoms with Crippen molar-refractivity contribution in [3.05, 3.63) is 0 Å². The van der Waals surface area contributed by atoms with Gasteiger partial charge in [0, 0.05) is 0 Å². The first-order valence-electron chi connectivity index (χ1n) is 5.49. The van der Waals surface area contributed by atoms with Crippen molar-refractivity contribution < 1.29 is 9.90 Å². The number of hydrogen-bond acceptors (Lipinski definition) is 2. The van der Waals surface area contributed by atoms with Gasteiger partial charge in [-0.2, -0.15) is 0 Å². The van der Waals surface area contributed by atoms with Crippen LogP contribution in [0, 0.1) is 11.8 Å². The van der Waals surface area contributed by atoms with Crippen molar-refractivity contribution in [3.8, 4) is 0 Å². The second kappa shape index (κ2) is 4.30. The summed E-state index contributed by atoms with van der Waals surface area (Å²) in [6.07, 6.45) is 5.36. The summed E-state index contributed by atoms with van der Waals surface area (Å²) in [5.41, 5.74) is 4.64. The molecule has 0 aromatic carbocycles. The molecule has 0 bridgehead atoms. The van der Waals surface area contributed by atoms with Crippen LogP contribution in [0.15, 0.2) is 0 Å². The molecule has 0 aromatic rings. The van der Waals surface area contributed by atoms with Crippen molar-refractivity contribution >= 4 is 5.97 Å². The van der Waals surface area contributed by atoms with E-state index < -0.39 is 11.5 Å². The van der Waals surface area contributed by atoms with Crippen molar-refractivity contribution in [1.29, 1.82) is 0 Å². The highest BCUT2D eigenvalue weighted by atomic mass is 16.4. The SMILES string of the molecule is CCC(CCC(C)(N)C(=O)O)C1CC1. The van der Waals surface area contributed by atoms with Gasteiger partial charge in [-0.1, -0.05) is 13.3 Å². The third-order valence-electron chi connectivity index (χ3n) is 3.34. The number of carboxylic acids is 1. The molecule has 2 atom stereocenters. The number of carbonyl (C=O) groups is 1. The lowest BCUT2D eigenvalue weighted by molar-refractivity contribution is -0.143. The first-order valence-corrected chi connectivity index (χ1v) is 5.49. The van der Waals surface area contributed by atoms with Crippen LogP contribution in [-0.4, -0.2) is 16.6 Å². The van der Waals surface area contributed by atoms with Crippen molar-refractivity contribution in [2.45, 2.75) is 51.5 Å². The second-order valence-electron chi connectivity index (χ2n) is 4.77. The van der Waals surface area contributed by atoms with Crippen LogP contribution in [0.4, 0.5) is 0 Å². The molecule has 82 valence electrons. The average molecular weight is 199 g/mol. The first-order chi connectivity index (χ1) is 6.47. The van der Waals surface area contributed by atoms with E-state index in [1.807, 2.05) is 0 Å². The minimum Gasteiger partial charge on any atom is -0.480 e. The molecule has 2 unspecified atom stereocenters. The minimum absolute atomic E-state index is 0.595. The predicted molar refractivity (Wildman–Crippen MR) is 56.0 cm³/mol. The minimum atomic E-state index is -1.04. The van der Waals surface area contributed by atoms with E-state index in [2.05, 4.69) is 6.92 Å². The van der Waals surface area contributed by atoms with Gasteiger partial charge < -0.3 is 10.8 Å². The van der Waals surface area contributed by atoms with Gasteiger partial charge >= 0.3 is 5.97 Å². The van der Waals surface area contributed by atoms with Gasteiger partial charge in [0.15, 0.2) is 0 Å². The lowest BCUT2D eigenvalue weighted by atomic mass is 9.88. The van der Waals surface area contributed by atoms with Crippen LogP contribution in [0.1, 0.15) is 46.0 Å². The van der Waals surface area contributed by atoms with Gasteiger partial charge in [0.1, 0.15) is 5.54 Å². The Balaban J connectivity index is 2.33. The van der Waals surface area contributed by atoms with Crippen molar-refractivity contribution in [2.24, 2.45) is 17.6 Å². The van der Waals surface area contributed by atoms with Crippen molar-refractivity contribution in [3.63, 3.8) is 0 Å². The van der Waals surface area contributed by atoms with Gasteiger partial charge in [0.2, 0.25) is 0 Å². The van der Waals surface area contributed by atoms with E-state index in [1.54, 1.807) is 6.92 Å². The van der Waals surface area contributed by atoms with E-state index in [0.29, 0.717) is 12.3 Å². The van der Waals surface area contributed by atoms with Gasteiger partial charge in [-0.05, 0) is 44.4 Å². The van der Waals surface area contributed by atoms with Crippen LogP contribution in [0.25, 0.3) is 0 Å². The fourth-order valence-corrected chi connectivity index (χ4v) is 1.93. The van der Waals surface area contributed by atoms with Gasteiger partial charge in [0.05, 0.1) is 0 Å². The second-order valence-corrected chi connectivity index (χ2v) is 4.77. The smallest absolute Gasteiger partial charge is 0.323 e. The lowest BCUT2D eigenvalue weighted by Gasteiger charge is -2.22. The largest absolute Gasteiger partial charge is 0.480 e. The molecule has 0 amide bonds. The summed E-state index contributed by atoms with van der Waals surface area (Å²) in [5, 5.41) is 8.86. The number of carboxylic acid groups (broad SMARTS) is 1. The van der Waals surface area contributed by atoms with Gasteiger partial charge in [0.25, 0.3) is 0 Å². The molecular weight excluding hydrogens is 178 g/mol. The molecule has 0 saturated heterocycles. The summed E-state index contributed by atoms with van der Waals surface area (Å²) in [6.45, 7) is 3.78. The summed E-state index contributed by atoms with van der Waals surface area (Å²) in [4.78, 5) is 10.8. The highest BCUT2D eigenvalue weighted by Gasteiger charge is 2.33. The number of rotatable bonds is 6. The zero-order valence-electron chi connectivity index (χ0n) is 9.12. The molecule has 1 aliphatic carbocycles. The summed E-state index contributed by atoms with van der Waals surface area (Å²) < 4.78 is 0. The van der Waals surface area contributed by atoms with Gasteiger partial charge in [-0.15, -0.1) is 0 Å². The molecule has 0 aromatic heterocycles. The van der Waals surface area contributed by atoms with E-state index in [1.165, 1.54) is 12.8 Å². The summed E-state index contributed by atoms with van der Waals surface area (Å²) in [7, 11) is 0. The summed E-state index contributed by atoms with van der Waals surface area (Å²) in [6, 6.07) is 0. The van der Waals surface area contributed by atoms with E-state index in [9.17, 15) is 4.79 Å². The van der Waals surface area contributed by atoms with Crippen LogP contribution in [-0.2, 0) is 4.79 Å². The molecule has 3 nitrogen and oxygen atoms in total. The van der Waals surface area contributed by atoms with E-state index in [-0.39, 0.29) is 0 Å². The normalized spacial score (nSPS) is 22.8. The molecule has 0 radical (unpaired) electrons. The Morgan fingerprint density at radius 1 is 1.64 bits per heavy atom. The van der Waals surface area contributed by atoms with Crippen LogP contribution >= 0.6 is 0 Å². The Morgan fingerprint density at radius 3 is 2.57 bits per heavy atom. The molecule has 3 N–H and O–H groups in total. The van der Waals surface area contributed by atoms with E-state index in [4.69, 9.17) is 10.8 Å². The highest BCUT2D eigenvalue weighted by Crippen LogP contribution is 2.41. The Kier molecular flexibility index (Phi) is 3.53. The van der Waals surface area contributed by atoms with Crippen molar-refractivity contribution in [1.82, 2.24) is 0 Å². The Bertz CT molecular complexity index is 209. The van der Waals surface area contributed by atoms with E-state index in [0.717, 1.165) is 18.8 Å². The monoisotopic (exact) mass is 199 g/mol. The molecular formula is C11H21NO2. The number of nitrogens with two attached hydrogens (primary N) is 1. The summed E-state index contributed by atoms with van der Waals surface area (Å²) in [5.74, 6) is 0.657.